The van der Waals surface area contributed by atoms with Gasteiger partial charge in [-0.3, -0.25) is 14.9 Å². The fraction of sp³-hybridized carbons (Fsp3) is 0.500. The van der Waals surface area contributed by atoms with Gasteiger partial charge in [0.05, 0.1) is 10.5 Å². The Kier molecular flexibility index (Phi) is 5.23. The van der Waals surface area contributed by atoms with Gasteiger partial charge in [-0.1, -0.05) is 19.8 Å². The average molecular weight is 266 g/mol. The van der Waals surface area contributed by atoms with Crippen LogP contribution in [0.4, 0.5) is 11.5 Å². The van der Waals surface area contributed by atoms with Crippen molar-refractivity contribution in [2.45, 2.75) is 26.2 Å². The van der Waals surface area contributed by atoms with Gasteiger partial charge in [-0.15, -0.1) is 0 Å². The van der Waals surface area contributed by atoms with Crippen LogP contribution in [0.2, 0.25) is 0 Å². The van der Waals surface area contributed by atoms with Gasteiger partial charge in [0, 0.05) is 19.7 Å². The number of aromatic nitrogens is 1. The van der Waals surface area contributed by atoms with Crippen molar-refractivity contribution in [1.29, 1.82) is 0 Å². The minimum atomic E-state index is -0.597. The number of pyridine rings is 1. The second-order valence-electron chi connectivity index (χ2n) is 4.32. The molecule has 0 aliphatic heterocycles. The highest BCUT2D eigenvalue weighted by molar-refractivity contribution is 5.98. The van der Waals surface area contributed by atoms with Gasteiger partial charge in [0.15, 0.2) is 0 Å². The number of rotatable bonds is 6. The van der Waals surface area contributed by atoms with Gasteiger partial charge in [0.2, 0.25) is 0 Å². The maximum absolute atomic E-state index is 12.1. The zero-order chi connectivity index (χ0) is 14.4. The standard InChI is InChI=1S/C12H18N4O3/c1-3-4-5-6-15(2)12(17)10-7-9(16(18)19)8-14-11(10)13/h7-8H,3-6H2,1-2H3,(H2,13,14). The van der Waals surface area contributed by atoms with E-state index in [0.29, 0.717) is 6.54 Å². The van der Waals surface area contributed by atoms with Crippen LogP contribution >= 0.6 is 0 Å². The summed E-state index contributed by atoms with van der Waals surface area (Å²) < 4.78 is 0. The summed E-state index contributed by atoms with van der Waals surface area (Å²) in [4.78, 5) is 27.4. The van der Waals surface area contributed by atoms with Gasteiger partial charge < -0.3 is 10.6 Å². The summed E-state index contributed by atoms with van der Waals surface area (Å²) in [6, 6.07) is 1.17. The van der Waals surface area contributed by atoms with E-state index in [4.69, 9.17) is 5.73 Å². The molecule has 0 aromatic carbocycles. The number of nitrogens with zero attached hydrogens (tertiary/aromatic N) is 3. The van der Waals surface area contributed by atoms with E-state index in [1.165, 1.54) is 11.0 Å². The summed E-state index contributed by atoms with van der Waals surface area (Å²) in [5, 5.41) is 10.7. The zero-order valence-electron chi connectivity index (χ0n) is 11.1. The molecule has 0 fully saturated rings. The Hall–Kier alpha value is -2.18. The predicted octanol–water partition coefficient (Wildman–Crippen LogP) is 1.83. The second-order valence-corrected chi connectivity index (χ2v) is 4.32. The maximum atomic E-state index is 12.1. The first kappa shape index (κ1) is 14.9. The number of unbranched alkanes of at least 4 members (excludes halogenated alkanes) is 2. The molecule has 1 rings (SSSR count). The molecule has 19 heavy (non-hydrogen) atoms. The largest absolute Gasteiger partial charge is 0.383 e. The molecular formula is C12H18N4O3. The third-order valence-corrected chi connectivity index (χ3v) is 2.79. The van der Waals surface area contributed by atoms with Gasteiger partial charge in [0.25, 0.3) is 11.6 Å². The van der Waals surface area contributed by atoms with E-state index in [1.807, 2.05) is 0 Å². The van der Waals surface area contributed by atoms with Crippen LogP contribution in [-0.4, -0.2) is 34.3 Å². The van der Waals surface area contributed by atoms with Crippen LogP contribution in [0, 0.1) is 10.1 Å². The van der Waals surface area contributed by atoms with Crippen molar-refractivity contribution in [3.63, 3.8) is 0 Å². The van der Waals surface area contributed by atoms with E-state index in [2.05, 4.69) is 11.9 Å². The maximum Gasteiger partial charge on any atom is 0.288 e. The first-order valence-electron chi connectivity index (χ1n) is 6.12. The summed E-state index contributed by atoms with van der Waals surface area (Å²) in [7, 11) is 1.65. The van der Waals surface area contributed by atoms with Crippen molar-refractivity contribution >= 4 is 17.4 Å². The summed E-state index contributed by atoms with van der Waals surface area (Å²) in [6.45, 7) is 2.67. The van der Waals surface area contributed by atoms with Crippen molar-refractivity contribution in [3.05, 3.63) is 27.9 Å². The van der Waals surface area contributed by atoms with Gasteiger partial charge in [-0.25, -0.2) is 4.98 Å². The van der Waals surface area contributed by atoms with Crippen LogP contribution in [0.1, 0.15) is 36.5 Å². The molecule has 0 bridgehead atoms. The fourth-order valence-corrected chi connectivity index (χ4v) is 1.64. The third kappa shape index (κ3) is 3.90. The van der Waals surface area contributed by atoms with E-state index < -0.39 is 4.92 Å². The number of nitro groups is 1. The molecule has 0 unspecified atom stereocenters. The van der Waals surface area contributed by atoms with Gasteiger partial charge in [0.1, 0.15) is 12.0 Å². The molecule has 0 saturated heterocycles. The lowest BCUT2D eigenvalue weighted by molar-refractivity contribution is -0.385. The number of carbonyl (C=O) groups is 1. The Morgan fingerprint density at radius 1 is 1.53 bits per heavy atom. The van der Waals surface area contributed by atoms with Crippen molar-refractivity contribution in [2.24, 2.45) is 0 Å². The van der Waals surface area contributed by atoms with Crippen LogP contribution in [0.5, 0.6) is 0 Å². The highest BCUT2D eigenvalue weighted by Crippen LogP contribution is 2.18. The van der Waals surface area contributed by atoms with Crippen LogP contribution < -0.4 is 5.73 Å². The fourth-order valence-electron chi connectivity index (χ4n) is 1.64. The second kappa shape index (κ2) is 6.67. The molecule has 1 aromatic rings. The molecule has 1 aromatic heterocycles. The minimum absolute atomic E-state index is 0.0120. The smallest absolute Gasteiger partial charge is 0.288 e. The topological polar surface area (TPSA) is 102 Å². The highest BCUT2D eigenvalue weighted by atomic mass is 16.6. The molecule has 7 nitrogen and oxygen atoms in total. The molecule has 104 valence electrons. The van der Waals surface area contributed by atoms with Crippen molar-refractivity contribution in [1.82, 2.24) is 9.88 Å². The minimum Gasteiger partial charge on any atom is -0.383 e. The van der Waals surface area contributed by atoms with Crippen LogP contribution in [-0.2, 0) is 0 Å². The Balaban J connectivity index is 2.86. The number of nitrogens with two attached hydrogens (primary N) is 1. The van der Waals surface area contributed by atoms with E-state index in [9.17, 15) is 14.9 Å². The molecule has 0 aliphatic carbocycles. The number of amides is 1. The number of nitrogen functional groups attached to an aromatic ring is 1. The number of hydrogen-bond acceptors (Lipinski definition) is 5. The number of anilines is 1. The van der Waals surface area contributed by atoms with E-state index in [1.54, 1.807) is 7.05 Å². The summed E-state index contributed by atoms with van der Waals surface area (Å²) in [5.74, 6) is -0.331. The molecule has 0 atom stereocenters. The number of carbonyl (C=O) groups excluding carboxylic acids is 1. The molecule has 7 heteroatoms. The first-order chi connectivity index (χ1) is 8.97. The highest BCUT2D eigenvalue weighted by Gasteiger charge is 2.19. The molecule has 1 heterocycles. The SMILES string of the molecule is CCCCCN(C)C(=O)c1cc([N+](=O)[O-])cnc1N. The van der Waals surface area contributed by atoms with Crippen LogP contribution in [0.15, 0.2) is 12.3 Å². The van der Waals surface area contributed by atoms with Crippen molar-refractivity contribution < 1.29 is 9.72 Å². The molecule has 0 saturated carbocycles. The van der Waals surface area contributed by atoms with E-state index >= 15 is 0 Å². The Bertz CT molecular complexity index is 476. The third-order valence-electron chi connectivity index (χ3n) is 2.79. The molecule has 2 N–H and O–H groups in total. The average Bonchev–Trinajstić information content (AvgIpc) is 2.38. The molecular weight excluding hydrogens is 248 g/mol. The van der Waals surface area contributed by atoms with Crippen molar-refractivity contribution in [3.8, 4) is 0 Å². The van der Waals surface area contributed by atoms with Gasteiger partial charge >= 0.3 is 0 Å². The Labute approximate surface area is 111 Å². The molecule has 1 amide bonds. The van der Waals surface area contributed by atoms with Crippen molar-refractivity contribution in [2.75, 3.05) is 19.3 Å². The lowest BCUT2D eigenvalue weighted by Gasteiger charge is -2.17. The normalized spacial score (nSPS) is 10.2. The van der Waals surface area contributed by atoms with Crippen LogP contribution in [0.3, 0.4) is 0 Å². The molecule has 0 spiro atoms. The zero-order valence-corrected chi connectivity index (χ0v) is 11.1. The lowest BCUT2D eigenvalue weighted by Crippen LogP contribution is -2.28. The van der Waals surface area contributed by atoms with Crippen LogP contribution in [0.25, 0.3) is 0 Å². The monoisotopic (exact) mass is 266 g/mol. The molecule has 0 radical (unpaired) electrons. The van der Waals surface area contributed by atoms with Gasteiger partial charge in [-0.05, 0) is 6.42 Å². The first-order valence-corrected chi connectivity index (χ1v) is 6.12. The summed E-state index contributed by atoms with van der Waals surface area (Å²) in [6.07, 6.45) is 4.02. The molecule has 0 aliphatic rings. The Morgan fingerprint density at radius 3 is 2.79 bits per heavy atom. The number of hydrogen-bond donors (Lipinski definition) is 1. The Morgan fingerprint density at radius 2 is 2.21 bits per heavy atom. The predicted molar refractivity (Wildman–Crippen MR) is 71.8 cm³/mol. The summed E-state index contributed by atoms with van der Waals surface area (Å²) >= 11 is 0. The van der Waals surface area contributed by atoms with E-state index in [-0.39, 0.29) is 23.0 Å². The van der Waals surface area contributed by atoms with E-state index in [0.717, 1.165) is 25.5 Å². The quantitative estimate of drug-likeness (QED) is 0.480. The van der Waals surface area contributed by atoms with Gasteiger partial charge in [-0.2, -0.15) is 0 Å². The lowest BCUT2D eigenvalue weighted by atomic mass is 10.2. The summed E-state index contributed by atoms with van der Waals surface area (Å²) in [5.41, 5.74) is 5.44.